The van der Waals surface area contributed by atoms with E-state index in [2.05, 4.69) is 10.6 Å². The number of hydrogen-bond donors (Lipinski definition) is 3. The Kier molecular flexibility index (Phi) is 5.34. The predicted octanol–water partition coefficient (Wildman–Crippen LogP) is 2.24. The number of nitro benzene ring substituents is 1. The van der Waals surface area contributed by atoms with Crippen LogP contribution in [0, 0.1) is 10.1 Å². The monoisotopic (exact) mass is 297 g/mol. The molecule has 0 aromatic heterocycles. The number of alkyl carbamates (subject to hydrolysis) is 1. The van der Waals surface area contributed by atoms with Crippen molar-refractivity contribution in [2.24, 2.45) is 0 Å². The number of nitrogens with one attached hydrogen (secondary N) is 2. The number of carbonyl (C=O) groups is 1. The number of aromatic hydroxyl groups is 1. The Morgan fingerprint density at radius 2 is 2.05 bits per heavy atom. The minimum atomic E-state index is -0.594. The molecule has 0 saturated heterocycles. The Balaban J connectivity index is 2.47. The summed E-state index contributed by atoms with van der Waals surface area (Å²) in [7, 11) is 0. The van der Waals surface area contributed by atoms with Crippen LogP contribution in [0.2, 0.25) is 0 Å². The molecule has 1 aromatic carbocycles. The summed E-state index contributed by atoms with van der Waals surface area (Å²) in [6.07, 6.45) is -0.551. The normalized spacial score (nSPS) is 10.8. The molecule has 0 saturated carbocycles. The zero-order chi connectivity index (χ0) is 16.0. The molecule has 0 aliphatic rings. The second-order valence-electron chi connectivity index (χ2n) is 5.31. The molecule has 0 spiro atoms. The van der Waals surface area contributed by atoms with Gasteiger partial charge < -0.3 is 20.5 Å². The number of ether oxygens (including phenoxy) is 1. The van der Waals surface area contributed by atoms with E-state index in [0.29, 0.717) is 0 Å². The number of phenols is 1. The van der Waals surface area contributed by atoms with E-state index in [1.807, 2.05) is 0 Å². The minimum absolute atomic E-state index is 0.181. The Hall–Kier alpha value is -2.51. The van der Waals surface area contributed by atoms with E-state index in [-0.39, 0.29) is 30.2 Å². The third kappa shape index (κ3) is 5.98. The summed E-state index contributed by atoms with van der Waals surface area (Å²) in [5, 5.41) is 25.4. The van der Waals surface area contributed by atoms with E-state index >= 15 is 0 Å². The first-order valence-electron chi connectivity index (χ1n) is 6.37. The fourth-order valence-electron chi connectivity index (χ4n) is 1.50. The molecule has 0 atom stereocenters. The first-order chi connectivity index (χ1) is 9.69. The molecule has 1 rings (SSSR count). The smallest absolute Gasteiger partial charge is 0.407 e. The van der Waals surface area contributed by atoms with E-state index in [9.17, 15) is 20.0 Å². The maximum Gasteiger partial charge on any atom is 0.407 e. The zero-order valence-corrected chi connectivity index (χ0v) is 12.2. The number of nitrogens with zero attached hydrogens (tertiary/aromatic N) is 1. The number of rotatable bonds is 5. The van der Waals surface area contributed by atoms with Gasteiger partial charge in [0, 0.05) is 13.1 Å². The number of anilines is 1. The molecular formula is C13H19N3O5. The highest BCUT2D eigenvalue weighted by Crippen LogP contribution is 2.27. The molecule has 0 aliphatic carbocycles. The van der Waals surface area contributed by atoms with Crippen LogP contribution in [0.1, 0.15) is 20.8 Å². The third-order valence-corrected chi connectivity index (χ3v) is 2.29. The number of carbonyl (C=O) groups excluding carboxylic acids is 1. The number of amides is 1. The number of nitro groups is 1. The molecule has 21 heavy (non-hydrogen) atoms. The summed E-state index contributed by atoms with van der Waals surface area (Å²) in [5.41, 5.74) is -0.538. The van der Waals surface area contributed by atoms with Gasteiger partial charge in [-0.1, -0.05) is 0 Å². The van der Waals surface area contributed by atoms with Gasteiger partial charge in [0.05, 0.1) is 11.0 Å². The van der Waals surface area contributed by atoms with E-state index in [1.165, 1.54) is 12.1 Å². The van der Waals surface area contributed by atoms with Gasteiger partial charge in [0.1, 0.15) is 17.0 Å². The van der Waals surface area contributed by atoms with Crippen LogP contribution in [0.4, 0.5) is 16.2 Å². The lowest BCUT2D eigenvalue weighted by molar-refractivity contribution is -0.384. The average Bonchev–Trinajstić information content (AvgIpc) is 2.33. The highest BCUT2D eigenvalue weighted by atomic mass is 16.6. The first-order valence-corrected chi connectivity index (χ1v) is 6.37. The predicted molar refractivity (Wildman–Crippen MR) is 77.5 cm³/mol. The van der Waals surface area contributed by atoms with Crippen molar-refractivity contribution in [1.82, 2.24) is 5.32 Å². The van der Waals surface area contributed by atoms with Crippen molar-refractivity contribution in [3.63, 3.8) is 0 Å². The number of hydrogen-bond acceptors (Lipinski definition) is 6. The van der Waals surface area contributed by atoms with Crippen molar-refractivity contribution >= 4 is 17.5 Å². The summed E-state index contributed by atoms with van der Waals surface area (Å²) in [6, 6.07) is 3.81. The molecule has 0 fully saturated rings. The summed E-state index contributed by atoms with van der Waals surface area (Å²) in [4.78, 5) is 21.6. The first kappa shape index (κ1) is 16.5. The van der Waals surface area contributed by atoms with Crippen LogP contribution >= 0.6 is 0 Å². The summed E-state index contributed by atoms with van der Waals surface area (Å²) in [5.74, 6) is -0.181. The van der Waals surface area contributed by atoms with Crippen LogP contribution in [0.25, 0.3) is 0 Å². The number of phenolic OH excluding ortho intramolecular Hbond substituents is 1. The van der Waals surface area contributed by atoms with Gasteiger partial charge in [-0.15, -0.1) is 0 Å². The molecule has 0 aliphatic heterocycles. The largest absolute Gasteiger partial charge is 0.508 e. The van der Waals surface area contributed by atoms with Crippen molar-refractivity contribution < 1.29 is 19.6 Å². The van der Waals surface area contributed by atoms with Gasteiger partial charge >= 0.3 is 6.09 Å². The topological polar surface area (TPSA) is 114 Å². The minimum Gasteiger partial charge on any atom is -0.508 e. The molecule has 0 bridgehead atoms. The average molecular weight is 297 g/mol. The third-order valence-electron chi connectivity index (χ3n) is 2.29. The second-order valence-corrected chi connectivity index (χ2v) is 5.31. The van der Waals surface area contributed by atoms with Gasteiger partial charge in [0.15, 0.2) is 0 Å². The van der Waals surface area contributed by atoms with Crippen LogP contribution in [0.3, 0.4) is 0 Å². The van der Waals surface area contributed by atoms with Gasteiger partial charge in [-0.25, -0.2) is 4.79 Å². The van der Waals surface area contributed by atoms with Crippen molar-refractivity contribution in [2.45, 2.75) is 26.4 Å². The molecule has 1 aromatic rings. The molecule has 116 valence electrons. The molecule has 1 amide bonds. The summed E-state index contributed by atoms with van der Waals surface area (Å²) < 4.78 is 5.05. The molecule has 8 nitrogen and oxygen atoms in total. The molecule has 3 N–H and O–H groups in total. The van der Waals surface area contributed by atoms with Crippen LogP contribution in [-0.2, 0) is 4.74 Å². The van der Waals surface area contributed by atoms with E-state index < -0.39 is 16.6 Å². The second kappa shape index (κ2) is 6.78. The van der Waals surface area contributed by atoms with Gasteiger partial charge in [0.25, 0.3) is 5.69 Å². The lowest BCUT2D eigenvalue weighted by Crippen LogP contribution is -2.35. The van der Waals surface area contributed by atoms with Gasteiger partial charge in [-0.3, -0.25) is 10.1 Å². The van der Waals surface area contributed by atoms with Crippen LogP contribution in [0.5, 0.6) is 5.75 Å². The fourth-order valence-corrected chi connectivity index (χ4v) is 1.50. The fraction of sp³-hybridized carbons (Fsp3) is 0.462. The Morgan fingerprint density at radius 3 is 2.62 bits per heavy atom. The molecular weight excluding hydrogens is 278 g/mol. The van der Waals surface area contributed by atoms with E-state index in [1.54, 1.807) is 20.8 Å². The van der Waals surface area contributed by atoms with Gasteiger partial charge in [-0.2, -0.15) is 0 Å². The van der Waals surface area contributed by atoms with Crippen LogP contribution in [-0.4, -0.2) is 34.8 Å². The highest BCUT2D eigenvalue weighted by molar-refractivity contribution is 5.68. The van der Waals surface area contributed by atoms with E-state index in [4.69, 9.17) is 4.74 Å². The molecule has 0 heterocycles. The van der Waals surface area contributed by atoms with Crippen LogP contribution < -0.4 is 10.6 Å². The van der Waals surface area contributed by atoms with Gasteiger partial charge in [-0.05, 0) is 32.9 Å². The zero-order valence-electron chi connectivity index (χ0n) is 12.2. The van der Waals surface area contributed by atoms with Gasteiger partial charge in [0.2, 0.25) is 0 Å². The maximum absolute atomic E-state index is 11.4. The molecule has 0 radical (unpaired) electrons. The molecule has 0 unspecified atom stereocenters. The Labute approximate surface area is 122 Å². The lowest BCUT2D eigenvalue weighted by Gasteiger charge is -2.19. The molecule has 8 heteroatoms. The van der Waals surface area contributed by atoms with Crippen molar-refractivity contribution in [1.29, 1.82) is 0 Å². The standard InChI is InChI=1S/C13H19N3O5/c1-13(2,3)21-12(18)15-7-6-14-10-5-4-9(17)8-11(10)16(19)20/h4-5,8,14,17H,6-7H2,1-3H3,(H,15,18). The number of benzene rings is 1. The lowest BCUT2D eigenvalue weighted by atomic mass is 10.2. The van der Waals surface area contributed by atoms with Crippen molar-refractivity contribution in [3.05, 3.63) is 28.3 Å². The Bertz CT molecular complexity index is 525. The van der Waals surface area contributed by atoms with E-state index in [0.717, 1.165) is 6.07 Å². The van der Waals surface area contributed by atoms with Crippen molar-refractivity contribution in [2.75, 3.05) is 18.4 Å². The quantitative estimate of drug-likeness (QED) is 0.332. The summed E-state index contributed by atoms with van der Waals surface area (Å²) in [6.45, 7) is 5.79. The SMILES string of the molecule is CC(C)(C)OC(=O)NCCNc1ccc(O)cc1[N+](=O)[O-]. The Morgan fingerprint density at radius 1 is 1.38 bits per heavy atom. The maximum atomic E-state index is 11.4. The summed E-state index contributed by atoms with van der Waals surface area (Å²) >= 11 is 0. The van der Waals surface area contributed by atoms with Crippen molar-refractivity contribution in [3.8, 4) is 5.75 Å². The highest BCUT2D eigenvalue weighted by Gasteiger charge is 2.16. The van der Waals surface area contributed by atoms with Crippen LogP contribution in [0.15, 0.2) is 18.2 Å².